The summed E-state index contributed by atoms with van der Waals surface area (Å²) in [5, 5.41) is 28.9. The molecule has 0 bridgehead atoms. The summed E-state index contributed by atoms with van der Waals surface area (Å²) in [6.07, 6.45) is 1.69. The predicted molar refractivity (Wildman–Crippen MR) is 150 cm³/mol. The molecule has 2 N–H and O–H groups in total. The van der Waals surface area contributed by atoms with E-state index in [1.807, 2.05) is 79.7 Å². The zero-order valence-electron chi connectivity index (χ0n) is 22.2. The number of nitriles is 1. The molecule has 0 saturated carbocycles. The van der Waals surface area contributed by atoms with E-state index in [4.69, 9.17) is 4.52 Å². The lowest BCUT2D eigenvalue weighted by molar-refractivity contribution is -0.115. The maximum absolute atomic E-state index is 12.6. The lowest BCUT2D eigenvalue weighted by atomic mass is 9.72. The van der Waals surface area contributed by atoms with Gasteiger partial charge in [0.15, 0.2) is 0 Å². The predicted octanol–water partition coefficient (Wildman–Crippen LogP) is 5.50. The van der Waals surface area contributed by atoms with Crippen molar-refractivity contribution < 1.29 is 14.4 Å². The molecule has 1 aliphatic rings. The summed E-state index contributed by atoms with van der Waals surface area (Å²) < 4.78 is 5.15. The van der Waals surface area contributed by atoms with Crippen molar-refractivity contribution in [1.82, 2.24) is 5.16 Å². The Morgan fingerprint density at radius 2 is 1.67 bits per heavy atom. The number of nitrogens with zero attached hydrogens (tertiary/aromatic N) is 3. The SMILES string of the molecule is Cc1noc(C)c1CC(=O)Nc1ccc(N2CCC(C(O)(c3ccccc3)c3ccccc3)CC2)c(C#N)c1. The summed E-state index contributed by atoms with van der Waals surface area (Å²) in [6.45, 7) is 5.01. The third-order valence-corrected chi connectivity index (χ3v) is 7.77. The van der Waals surface area contributed by atoms with Gasteiger partial charge >= 0.3 is 0 Å². The normalized spacial score (nSPS) is 14.2. The van der Waals surface area contributed by atoms with E-state index >= 15 is 0 Å². The van der Waals surface area contributed by atoms with Gasteiger partial charge in [0.25, 0.3) is 0 Å². The van der Waals surface area contributed by atoms with E-state index in [1.165, 1.54) is 0 Å². The van der Waals surface area contributed by atoms with Gasteiger partial charge in [-0.1, -0.05) is 65.8 Å². The summed E-state index contributed by atoms with van der Waals surface area (Å²) in [7, 11) is 0. The largest absolute Gasteiger partial charge is 0.380 e. The number of nitrogens with one attached hydrogen (secondary N) is 1. The zero-order chi connectivity index (χ0) is 27.4. The molecule has 3 aromatic carbocycles. The van der Waals surface area contributed by atoms with E-state index in [0.717, 1.165) is 35.2 Å². The average Bonchev–Trinajstić information content (AvgIpc) is 3.29. The summed E-state index contributed by atoms with van der Waals surface area (Å²) in [6, 6.07) is 27.5. The Bertz CT molecular complexity index is 1420. The van der Waals surface area contributed by atoms with Crippen molar-refractivity contribution in [1.29, 1.82) is 5.26 Å². The fourth-order valence-corrected chi connectivity index (χ4v) is 5.66. The second kappa shape index (κ2) is 11.1. The number of carbonyl (C=O) groups is 1. The molecule has 1 aromatic heterocycles. The van der Waals surface area contributed by atoms with Crippen molar-refractivity contribution in [2.75, 3.05) is 23.3 Å². The lowest BCUT2D eigenvalue weighted by Crippen LogP contribution is -2.44. The van der Waals surface area contributed by atoms with Crippen LogP contribution in [-0.2, 0) is 16.8 Å². The number of aromatic nitrogens is 1. The number of piperidine rings is 1. The quantitative estimate of drug-likeness (QED) is 0.334. The first-order valence-corrected chi connectivity index (χ1v) is 13.2. The minimum absolute atomic E-state index is 0.0203. The first-order valence-electron chi connectivity index (χ1n) is 13.2. The van der Waals surface area contributed by atoms with Crippen molar-refractivity contribution >= 4 is 17.3 Å². The number of hydrogen-bond acceptors (Lipinski definition) is 6. The Balaban J connectivity index is 1.30. The molecule has 0 atom stereocenters. The molecule has 1 saturated heterocycles. The van der Waals surface area contributed by atoms with E-state index in [9.17, 15) is 15.2 Å². The first kappa shape index (κ1) is 26.2. The van der Waals surface area contributed by atoms with Gasteiger partial charge in [-0.15, -0.1) is 0 Å². The maximum atomic E-state index is 12.6. The van der Waals surface area contributed by atoms with Crippen LogP contribution in [-0.4, -0.2) is 29.3 Å². The number of carbonyl (C=O) groups excluding carboxylic acids is 1. The van der Waals surface area contributed by atoms with Crippen molar-refractivity contribution in [2.45, 2.75) is 38.7 Å². The molecule has 39 heavy (non-hydrogen) atoms. The number of rotatable bonds is 7. The Morgan fingerprint density at radius 1 is 1.05 bits per heavy atom. The van der Waals surface area contributed by atoms with E-state index in [0.29, 0.717) is 35.8 Å². The molecule has 7 heteroatoms. The highest BCUT2D eigenvalue weighted by Gasteiger charge is 2.41. The van der Waals surface area contributed by atoms with Crippen molar-refractivity contribution in [3.05, 3.63) is 113 Å². The highest BCUT2D eigenvalue weighted by atomic mass is 16.5. The van der Waals surface area contributed by atoms with Crippen molar-refractivity contribution in [2.24, 2.45) is 5.92 Å². The van der Waals surface area contributed by atoms with Crippen LogP contribution in [0.1, 0.15) is 46.5 Å². The van der Waals surface area contributed by atoms with Gasteiger partial charge in [-0.3, -0.25) is 4.79 Å². The van der Waals surface area contributed by atoms with Gasteiger partial charge < -0.3 is 19.8 Å². The summed E-state index contributed by atoms with van der Waals surface area (Å²) in [5.74, 6) is 0.459. The molecule has 5 rings (SSSR count). The molecule has 2 heterocycles. The molecule has 198 valence electrons. The summed E-state index contributed by atoms with van der Waals surface area (Å²) in [4.78, 5) is 14.8. The second-order valence-corrected chi connectivity index (χ2v) is 10.1. The fourth-order valence-electron chi connectivity index (χ4n) is 5.66. The summed E-state index contributed by atoms with van der Waals surface area (Å²) >= 11 is 0. The zero-order valence-corrected chi connectivity index (χ0v) is 22.2. The molecule has 0 spiro atoms. The Morgan fingerprint density at radius 3 is 2.21 bits per heavy atom. The van der Waals surface area contributed by atoms with Crippen LogP contribution in [0.5, 0.6) is 0 Å². The van der Waals surface area contributed by atoms with Gasteiger partial charge in [-0.25, -0.2) is 0 Å². The number of aryl methyl sites for hydroxylation is 2. The van der Waals surface area contributed by atoms with Crippen LogP contribution in [0.4, 0.5) is 11.4 Å². The smallest absolute Gasteiger partial charge is 0.229 e. The van der Waals surface area contributed by atoms with Crippen LogP contribution in [0, 0.1) is 31.1 Å². The van der Waals surface area contributed by atoms with Crippen LogP contribution in [0.15, 0.2) is 83.4 Å². The minimum Gasteiger partial charge on any atom is -0.380 e. The highest BCUT2D eigenvalue weighted by molar-refractivity contribution is 5.93. The summed E-state index contributed by atoms with van der Waals surface area (Å²) in [5.41, 5.74) is 4.08. The number of amides is 1. The molecule has 0 unspecified atom stereocenters. The Kier molecular flexibility index (Phi) is 7.49. The molecule has 4 aromatic rings. The molecule has 7 nitrogen and oxygen atoms in total. The third-order valence-electron chi connectivity index (χ3n) is 7.77. The third kappa shape index (κ3) is 5.29. The standard InChI is InChI=1S/C32H32N4O3/c1-22-29(23(2)39-35-22)20-31(37)34-28-13-14-30(24(19-28)21-33)36-17-15-27(16-18-36)32(38,25-9-5-3-6-10-25)26-11-7-4-8-12-26/h3-14,19,27,38H,15-18,20H2,1-2H3,(H,34,37). The first-order chi connectivity index (χ1) is 18.9. The van der Waals surface area contributed by atoms with Crippen LogP contribution < -0.4 is 10.2 Å². The van der Waals surface area contributed by atoms with Gasteiger partial charge in [0.2, 0.25) is 5.91 Å². The van der Waals surface area contributed by atoms with E-state index in [2.05, 4.69) is 21.4 Å². The molecule has 1 aliphatic heterocycles. The van der Waals surface area contributed by atoms with Gasteiger partial charge in [0.05, 0.1) is 23.4 Å². The van der Waals surface area contributed by atoms with Gasteiger partial charge in [0, 0.05) is 24.3 Å². The van der Waals surface area contributed by atoms with E-state index in [1.54, 1.807) is 13.0 Å². The van der Waals surface area contributed by atoms with Gasteiger partial charge in [-0.2, -0.15) is 5.26 Å². The molecular weight excluding hydrogens is 488 g/mol. The van der Waals surface area contributed by atoms with Crippen LogP contribution >= 0.6 is 0 Å². The monoisotopic (exact) mass is 520 g/mol. The van der Waals surface area contributed by atoms with Crippen molar-refractivity contribution in [3.63, 3.8) is 0 Å². The number of aliphatic hydroxyl groups is 1. The van der Waals surface area contributed by atoms with Crippen LogP contribution in [0.25, 0.3) is 0 Å². The number of hydrogen-bond donors (Lipinski definition) is 2. The maximum Gasteiger partial charge on any atom is 0.229 e. The number of anilines is 2. The number of benzene rings is 3. The molecule has 0 radical (unpaired) electrons. The Labute approximate surface area is 228 Å². The van der Waals surface area contributed by atoms with Crippen molar-refractivity contribution in [3.8, 4) is 6.07 Å². The minimum atomic E-state index is -1.10. The topological polar surface area (TPSA) is 102 Å². The molecular formula is C32H32N4O3. The Hall–Kier alpha value is -4.41. The highest BCUT2D eigenvalue weighted by Crippen LogP contribution is 2.42. The van der Waals surface area contributed by atoms with Gasteiger partial charge in [-0.05, 0) is 61.9 Å². The van der Waals surface area contributed by atoms with E-state index < -0.39 is 5.60 Å². The lowest BCUT2D eigenvalue weighted by Gasteiger charge is -2.43. The van der Waals surface area contributed by atoms with Crippen LogP contribution in [0.3, 0.4) is 0 Å². The molecule has 1 amide bonds. The fraction of sp³-hybridized carbons (Fsp3) is 0.281. The molecule has 0 aliphatic carbocycles. The van der Waals surface area contributed by atoms with Gasteiger partial charge in [0.1, 0.15) is 17.4 Å². The van der Waals surface area contributed by atoms with E-state index in [-0.39, 0.29) is 18.2 Å². The van der Waals surface area contributed by atoms with Crippen LogP contribution in [0.2, 0.25) is 0 Å². The average molecular weight is 521 g/mol. The second-order valence-electron chi connectivity index (χ2n) is 10.1. The molecule has 1 fully saturated rings.